The van der Waals surface area contributed by atoms with E-state index in [9.17, 15) is 9.18 Å². The van der Waals surface area contributed by atoms with E-state index in [1.165, 1.54) is 25.0 Å². The molecule has 1 saturated heterocycles. The molecular formula is C14H17FN2O. The molecule has 0 aliphatic carbocycles. The van der Waals surface area contributed by atoms with Crippen LogP contribution in [0.5, 0.6) is 0 Å². The Kier molecular flexibility index (Phi) is 2.94. The average molecular weight is 248 g/mol. The number of carbonyl (C=O) groups is 1. The Labute approximate surface area is 106 Å². The standard InChI is InChI=1S/C14H17FN2O/c15-10-6-7-12-11(9-10)16-14(18)13-5-3-1-2-4-8-17(12)13/h6-7,9,13H,1-5,8H2,(H,16,18). The average Bonchev–Trinajstić information content (AvgIpc) is 2.29. The van der Waals surface area contributed by atoms with Gasteiger partial charge in [-0.25, -0.2) is 4.39 Å². The van der Waals surface area contributed by atoms with E-state index in [1.54, 1.807) is 6.07 Å². The molecule has 1 N–H and O–H groups in total. The van der Waals surface area contributed by atoms with Crippen molar-refractivity contribution in [3.8, 4) is 0 Å². The third kappa shape index (κ3) is 1.96. The molecule has 2 heterocycles. The number of hydrogen-bond acceptors (Lipinski definition) is 2. The van der Waals surface area contributed by atoms with Gasteiger partial charge in [-0.1, -0.05) is 19.3 Å². The maximum atomic E-state index is 13.2. The van der Waals surface area contributed by atoms with Crippen molar-refractivity contribution < 1.29 is 9.18 Å². The minimum Gasteiger partial charge on any atom is -0.358 e. The molecule has 18 heavy (non-hydrogen) atoms. The van der Waals surface area contributed by atoms with Crippen molar-refractivity contribution in [2.45, 2.75) is 38.1 Å². The molecule has 3 rings (SSSR count). The maximum absolute atomic E-state index is 13.2. The highest BCUT2D eigenvalue weighted by Gasteiger charge is 2.32. The first-order valence-electron chi connectivity index (χ1n) is 6.63. The number of halogens is 1. The van der Waals surface area contributed by atoms with E-state index in [4.69, 9.17) is 0 Å². The summed E-state index contributed by atoms with van der Waals surface area (Å²) in [5.41, 5.74) is 1.57. The third-order valence-corrected chi connectivity index (χ3v) is 3.83. The van der Waals surface area contributed by atoms with Gasteiger partial charge in [0.05, 0.1) is 11.4 Å². The molecule has 1 atom stereocenters. The Morgan fingerprint density at radius 3 is 2.94 bits per heavy atom. The fourth-order valence-corrected chi connectivity index (χ4v) is 2.92. The molecule has 2 aliphatic heterocycles. The SMILES string of the molecule is O=C1Nc2cc(F)ccc2N2CCCCCCC12. The zero-order chi connectivity index (χ0) is 12.5. The van der Waals surface area contributed by atoms with Crippen LogP contribution < -0.4 is 10.2 Å². The molecule has 0 saturated carbocycles. The van der Waals surface area contributed by atoms with Gasteiger partial charge in [-0.2, -0.15) is 0 Å². The summed E-state index contributed by atoms with van der Waals surface area (Å²) < 4.78 is 13.2. The van der Waals surface area contributed by atoms with Crippen LogP contribution in [0.4, 0.5) is 15.8 Å². The molecule has 3 nitrogen and oxygen atoms in total. The highest BCUT2D eigenvalue weighted by molar-refractivity contribution is 6.03. The number of anilines is 2. The highest BCUT2D eigenvalue weighted by atomic mass is 19.1. The van der Waals surface area contributed by atoms with Gasteiger partial charge in [0.25, 0.3) is 0 Å². The van der Waals surface area contributed by atoms with E-state index in [2.05, 4.69) is 10.2 Å². The van der Waals surface area contributed by atoms with Gasteiger partial charge >= 0.3 is 0 Å². The molecule has 1 fully saturated rings. The van der Waals surface area contributed by atoms with E-state index in [0.29, 0.717) is 5.69 Å². The monoisotopic (exact) mass is 248 g/mol. The van der Waals surface area contributed by atoms with Crippen molar-refractivity contribution in [1.82, 2.24) is 0 Å². The van der Waals surface area contributed by atoms with Gasteiger partial charge in [0.2, 0.25) is 5.91 Å². The Balaban J connectivity index is 1.99. The lowest BCUT2D eigenvalue weighted by Crippen LogP contribution is -2.49. The van der Waals surface area contributed by atoms with Crippen LogP contribution in [-0.4, -0.2) is 18.5 Å². The molecule has 0 radical (unpaired) electrons. The number of benzene rings is 1. The smallest absolute Gasteiger partial charge is 0.247 e. The summed E-state index contributed by atoms with van der Waals surface area (Å²) in [5.74, 6) is -0.297. The molecule has 96 valence electrons. The molecule has 1 amide bonds. The van der Waals surface area contributed by atoms with Crippen molar-refractivity contribution in [2.75, 3.05) is 16.8 Å². The van der Waals surface area contributed by atoms with Gasteiger partial charge in [0, 0.05) is 6.54 Å². The zero-order valence-electron chi connectivity index (χ0n) is 10.3. The van der Waals surface area contributed by atoms with Crippen molar-refractivity contribution in [3.05, 3.63) is 24.0 Å². The highest BCUT2D eigenvalue weighted by Crippen LogP contribution is 2.35. The molecule has 0 spiro atoms. The largest absolute Gasteiger partial charge is 0.358 e. The number of carbonyl (C=O) groups excluding carboxylic acids is 1. The second kappa shape index (κ2) is 4.59. The van der Waals surface area contributed by atoms with E-state index in [1.807, 2.05) is 0 Å². The van der Waals surface area contributed by atoms with E-state index < -0.39 is 0 Å². The molecule has 1 aromatic rings. The van der Waals surface area contributed by atoms with E-state index in [-0.39, 0.29) is 17.8 Å². The Morgan fingerprint density at radius 2 is 2.06 bits per heavy atom. The number of rotatable bonds is 0. The maximum Gasteiger partial charge on any atom is 0.247 e. The summed E-state index contributed by atoms with van der Waals surface area (Å²) in [7, 11) is 0. The first-order valence-corrected chi connectivity index (χ1v) is 6.63. The van der Waals surface area contributed by atoms with Gasteiger partial charge in [-0.05, 0) is 31.0 Å². The fourth-order valence-electron chi connectivity index (χ4n) is 2.92. The quantitative estimate of drug-likeness (QED) is 0.765. The second-order valence-corrected chi connectivity index (χ2v) is 5.06. The van der Waals surface area contributed by atoms with E-state index in [0.717, 1.165) is 31.5 Å². The van der Waals surface area contributed by atoms with Crippen LogP contribution in [0.15, 0.2) is 18.2 Å². The predicted molar refractivity (Wildman–Crippen MR) is 69.2 cm³/mol. The Bertz CT molecular complexity index is 475. The van der Waals surface area contributed by atoms with Gasteiger partial charge in [0.15, 0.2) is 0 Å². The van der Waals surface area contributed by atoms with Crippen LogP contribution in [0, 0.1) is 5.82 Å². The molecule has 1 aromatic carbocycles. The van der Waals surface area contributed by atoms with Gasteiger partial charge in [0.1, 0.15) is 11.9 Å². The lowest BCUT2D eigenvalue weighted by atomic mass is 9.98. The van der Waals surface area contributed by atoms with Crippen molar-refractivity contribution in [3.63, 3.8) is 0 Å². The molecule has 4 heteroatoms. The first-order chi connectivity index (χ1) is 8.75. The van der Waals surface area contributed by atoms with Gasteiger partial charge in [-0.15, -0.1) is 0 Å². The summed E-state index contributed by atoms with van der Waals surface area (Å²) >= 11 is 0. The second-order valence-electron chi connectivity index (χ2n) is 5.06. The van der Waals surface area contributed by atoms with Crippen LogP contribution in [0.1, 0.15) is 32.1 Å². The van der Waals surface area contributed by atoms with Crippen molar-refractivity contribution >= 4 is 17.3 Å². The number of nitrogens with one attached hydrogen (secondary N) is 1. The minimum absolute atomic E-state index is 0.00926. The number of amides is 1. The predicted octanol–water partition coefficient (Wildman–Crippen LogP) is 2.92. The number of fused-ring (bicyclic) bond motifs is 3. The summed E-state index contributed by atoms with van der Waals surface area (Å²) in [6, 6.07) is 4.57. The molecule has 2 aliphatic rings. The number of nitrogens with zero attached hydrogens (tertiary/aromatic N) is 1. The summed E-state index contributed by atoms with van der Waals surface area (Å²) in [6.45, 7) is 0.886. The van der Waals surface area contributed by atoms with Crippen molar-refractivity contribution in [1.29, 1.82) is 0 Å². The van der Waals surface area contributed by atoms with Crippen LogP contribution in [0.3, 0.4) is 0 Å². The van der Waals surface area contributed by atoms with Crippen LogP contribution >= 0.6 is 0 Å². The fraction of sp³-hybridized carbons (Fsp3) is 0.500. The van der Waals surface area contributed by atoms with Crippen molar-refractivity contribution in [2.24, 2.45) is 0 Å². The normalized spacial score (nSPS) is 23.5. The van der Waals surface area contributed by atoms with Crippen LogP contribution in [0.25, 0.3) is 0 Å². The molecular weight excluding hydrogens is 231 g/mol. The lowest BCUT2D eigenvalue weighted by Gasteiger charge is -2.39. The third-order valence-electron chi connectivity index (χ3n) is 3.83. The first kappa shape index (κ1) is 11.5. The Morgan fingerprint density at radius 1 is 1.22 bits per heavy atom. The molecule has 1 unspecified atom stereocenters. The number of hydrogen-bond donors (Lipinski definition) is 1. The molecule has 0 aromatic heterocycles. The lowest BCUT2D eigenvalue weighted by molar-refractivity contribution is -0.117. The minimum atomic E-state index is -0.306. The zero-order valence-corrected chi connectivity index (χ0v) is 10.3. The van der Waals surface area contributed by atoms with E-state index >= 15 is 0 Å². The van der Waals surface area contributed by atoms with Gasteiger partial charge < -0.3 is 10.2 Å². The molecule has 0 bridgehead atoms. The van der Waals surface area contributed by atoms with Crippen LogP contribution in [0.2, 0.25) is 0 Å². The van der Waals surface area contributed by atoms with Crippen LogP contribution in [-0.2, 0) is 4.79 Å². The van der Waals surface area contributed by atoms with Gasteiger partial charge in [-0.3, -0.25) is 4.79 Å². The topological polar surface area (TPSA) is 32.3 Å². The summed E-state index contributed by atoms with van der Waals surface area (Å²) in [6.07, 6.45) is 5.49. The summed E-state index contributed by atoms with van der Waals surface area (Å²) in [4.78, 5) is 14.2. The Hall–Kier alpha value is -1.58. The summed E-state index contributed by atoms with van der Waals surface area (Å²) in [5, 5.41) is 2.83.